The maximum absolute atomic E-state index is 13.5. The van der Waals surface area contributed by atoms with Crippen molar-refractivity contribution >= 4 is 33.3 Å². The van der Waals surface area contributed by atoms with E-state index >= 15 is 0 Å². The van der Waals surface area contributed by atoms with Crippen LogP contribution in [-0.4, -0.2) is 10.9 Å². The van der Waals surface area contributed by atoms with E-state index in [-0.39, 0.29) is 11.4 Å². The van der Waals surface area contributed by atoms with E-state index in [2.05, 4.69) is 26.2 Å². The van der Waals surface area contributed by atoms with E-state index < -0.39 is 23.2 Å². The third kappa shape index (κ3) is 2.91. The Morgan fingerprint density at radius 2 is 1.95 bits per heavy atom. The van der Waals surface area contributed by atoms with Crippen molar-refractivity contribution in [3.63, 3.8) is 0 Å². The lowest BCUT2D eigenvalue weighted by Crippen LogP contribution is -2.16. The van der Waals surface area contributed by atoms with Gasteiger partial charge in [0.25, 0.3) is 5.91 Å². The highest BCUT2D eigenvalue weighted by Crippen LogP contribution is 2.22. The quantitative estimate of drug-likeness (QED) is 0.591. The minimum absolute atomic E-state index is 0.184. The smallest absolute Gasteiger partial charge is 0.257 e. The predicted octanol–water partition coefficient (Wildman–Crippen LogP) is 2.66. The number of nitrogen functional groups attached to an aromatic ring is 1. The summed E-state index contributed by atoms with van der Waals surface area (Å²) >= 11 is 3.20. The molecule has 0 saturated heterocycles. The van der Waals surface area contributed by atoms with Crippen LogP contribution in [0.4, 0.5) is 20.3 Å². The van der Waals surface area contributed by atoms with Crippen molar-refractivity contribution in [2.45, 2.75) is 0 Å². The van der Waals surface area contributed by atoms with Gasteiger partial charge in [-0.3, -0.25) is 10.6 Å². The van der Waals surface area contributed by atoms with Crippen LogP contribution in [0.5, 0.6) is 0 Å². The fourth-order valence-electron chi connectivity index (χ4n) is 1.50. The van der Waals surface area contributed by atoms with Gasteiger partial charge in [-0.15, -0.1) is 0 Å². The van der Waals surface area contributed by atoms with Crippen molar-refractivity contribution in [1.82, 2.24) is 4.98 Å². The topological polar surface area (TPSA) is 80.0 Å². The average molecular weight is 343 g/mol. The van der Waals surface area contributed by atoms with Gasteiger partial charge in [-0.1, -0.05) is 0 Å². The number of hydrogen-bond donors (Lipinski definition) is 3. The molecule has 0 aliphatic rings. The Hall–Kier alpha value is -2.06. The molecule has 2 rings (SSSR count). The molecule has 0 saturated carbocycles. The minimum Gasteiger partial charge on any atom is -0.319 e. The second-order valence-corrected chi connectivity index (χ2v) is 4.60. The fraction of sp³-hybridized carbons (Fsp3) is 0. The molecule has 0 radical (unpaired) electrons. The molecule has 2 aromatic rings. The van der Waals surface area contributed by atoms with Gasteiger partial charge < -0.3 is 10.7 Å². The molecule has 0 spiro atoms. The number of nitrogens with two attached hydrogens (primary N) is 1. The molecule has 1 aromatic heterocycles. The highest BCUT2D eigenvalue weighted by atomic mass is 79.9. The van der Waals surface area contributed by atoms with Crippen molar-refractivity contribution in [3.05, 3.63) is 52.1 Å². The number of carbonyl (C=O) groups excluding carboxylic acids is 1. The molecular formula is C12H9BrF2N4O. The average Bonchev–Trinajstić information content (AvgIpc) is 2.41. The number of pyridine rings is 1. The molecule has 0 atom stereocenters. The molecule has 5 nitrogen and oxygen atoms in total. The van der Waals surface area contributed by atoms with Crippen molar-refractivity contribution in [2.24, 2.45) is 5.84 Å². The van der Waals surface area contributed by atoms with Crippen LogP contribution in [0.25, 0.3) is 0 Å². The van der Waals surface area contributed by atoms with Crippen molar-refractivity contribution in [3.8, 4) is 0 Å². The normalized spacial score (nSPS) is 10.2. The third-order valence-electron chi connectivity index (χ3n) is 2.44. The molecule has 104 valence electrons. The number of hydrogen-bond acceptors (Lipinski definition) is 4. The van der Waals surface area contributed by atoms with E-state index in [9.17, 15) is 13.6 Å². The van der Waals surface area contributed by atoms with E-state index in [1.807, 2.05) is 5.43 Å². The SMILES string of the molecule is NNc1c(F)cc(C(=O)Nc2ncccc2Br)cc1F. The number of rotatable bonds is 3. The number of anilines is 2. The number of nitrogens with one attached hydrogen (secondary N) is 2. The lowest BCUT2D eigenvalue weighted by Gasteiger charge is -2.08. The summed E-state index contributed by atoms with van der Waals surface area (Å²) in [6, 6.07) is 5.10. The van der Waals surface area contributed by atoms with Crippen LogP contribution in [-0.2, 0) is 0 Å². The first-order valence-electron chi connectivity index (χ1n) is 5.40. The largest absolute Gasteiger partial charge is 0.319 e. The van der Waals surface area contributed by atoms with Crippen LogP contribution >= 0.6 is 15.9 Å². The second kappa shape index (κ2) is 5.93. The van der Waals surface area contributed by atoms with E-state index in [4.69, 9.17) is 5.84 Å². The summed E-state index contributed by atoms with van der Waals surface area (Å²) in [5.41, 5.74) is 1.20. The summed E-state index contributed by atoms with van der Waals surface area (Å²) in [7, 11) is 0. The summed E-state index contributed by atoms with van der Waals surface area (Å²) in [6.07, 6.45) is 1.48. The molecule has 20 heavy (non-hydrogen) atoms. The highest BCUT2D eigenvalue weighted by molar-refractivity contribution is 9.10. The van der Waals surface area contributed by atoms with Gasteiger partial charge in [-0.25, -0.2) is 13.8 Å². The summed E-state index contributed by atoms with van der Waals surface area (Å²) < 4.78 is 27.6. The number of carbonyl (C=O) groups is 1. The third-order valence-corrected chi connectivity index (χ3v) is 3.08. The number of amides is 1. The first-order chi connectivity index (χ1) is 9.52. The van der Waals surface area contributed by atoms with E-state index in [1.54, 1.807) is 12.1 Å². The standard InChI is InChI=1S/C12H9BrF2N4O/c13-7-2-1-3-17-11(7)18-12(20)6-4-8(14)10(19-16)9(15)5-6/h1-5,19H,16H2,(H,17,18,20). The molecule has 0 aliphatic heterocycles. The summed E-state index contributed by atoms with van der Waals surface area (Å²) in [5, 5.41) is 2.44. The predicted molar refractivity (Wildman–Crippen MR) is 74.1 cm³/mol. The lowest BCUT2D eigenvalue weighted by molar-refractivity contribution is 0.102. The van der Waals surface area contributed by atoms with E-state index in [1.165, 1.54) is 6.20 Å². The Bertz CT molecular complexity index is 643. The van der Waals surface area contributed by atoms with Gasteiger partial charge in [0.2, 0.25) is 0 Å². The Balaban J connectivity index is 2.29. The van der Waals surface area contributed by atoms with E-state index in [0.717, 1.165) is 12.1 Å². The van der Waals surface area contributed by atoms with Gasteiger partial charge in [-0.05, 0) is 40.2 Å². The second-order valence-electron chi connectivity index (χ2n) is 3.75. The van der Waals surface area contributed by atoms with Crippen LogP contribution in [0.1, 0.15) is 10.4 Å². The van der Waals surface area contributed by atoms with Crippen molar-refractivity contribution < 1.29 is 13.6 Å². The Morgan fingerprint density at radius 1 is 1.30 bits per heavy atom. The van der Waals surface area contributed by atoms with Crippen molar-refractivity contribution in [2.75, 3.05) is 10.7 Å². The molecule has 0 unspecified atom stereocenters. The maximum Gasteiger partial charge on any atom is 0.257 e. The van der Waals surface area contributed by atoms with Gasteiger partial charge >= 0.3 is 0 Å². The maximum atomic E-state index is 13.5. The van der Waals surface area contributed by atoms with E-state index in [0.29, 0.717) is 4.47 Å². The lowest BCUT2D eigenvalue weighted by atomic mass is 10.1. The number of nitrogens with zero attached hydrogens (tertiary/aromatic N) is 1. The zero-order valence-electron chi connectivity index (χ0n) is 9.95. The van der Waals surface area contributed by atoms with Gasteiger partial charge in [0.05, 0.1) is 4.47 Å². The summed E-state index contributed by atoms with van der Waals surface area (Å²) in [5.74, 6) is 2.61. The van der Waals surface area contributed by atoms with Crippen molar-refractivity contribution in [1.29, 1.82) is 0 Å². The highest BCUT2D eigenvalue weighted by Gasteiger charge is 2.15. The van der Waals surface area contributed by atoms with Crippen LogP contribution in [0, 0.1) is 11.6 Å². The monoisotopic (exact) mass is 342 g/mol. The molecule has 1 amide bonds. The summed E-state index contributed by atoms with van der Waals surface area (Å²) in [4.78, 5) is 15.8. The fourth-order valence-corrected chi connectivity index (χ4v) is 1.85. The van der Waals surface area contributed by atoms with Gasteiger partial charge in [0.15, 0.2) is 11.6 Å². The van der Waals surface area contributed by atoms with Gasteiger partial charge in [0.1, 0.15) is 11.5 Å². The molecule has 8 heteroatoms. The molecule has 0 bridgehead atoms. The minimum atomic E-state index is -0.960. The first-order valence-corrected chi connectivity index (χ1v) is 6.19. The zero-order valence-corrected chi connectivity index (χ0v) is 11.5. The number of aromatic nitrogens is 1. The number of hydrazine groups is 1. The zero-order chi connectivity index (χ0) is 14.7. The van der Waals surface area contributed by atoms with Crippen LogP contribution in [0.3, 0.4) is 0 Å². The Morgan fingerprint density at radius 3 is 2.50 bits per heavy atom. The van der Waals surface area contributed by atoms with Gasteiger partial charge in [0, 0.05) is 11.8 Å². The number of benzene rings is 1. The molecule has 0 aliphatic carbocycles. The molecular weight excluding hydrogens is 334 g/mol. The van der Waals surface area contributed by atoms with Crippen LogP contribution in [0.15, 0.2) is 34.9 Å². The Labute approximate surface area is 121 Å². The molecule has 1 heterocycles. The molecule has 1 aromatic carbocycles. The molecule has 4 N–H and O–H groups in total. The Kier molecular flexibility index (Phi) is 4.26. The summed E-state index contributed by atoms with van der Waals surface area (Å²) in [6.45, 7) is 0. The molecule has 0 fully saturated rings. The van der Waals surface area contributed by atoms with Gasteiger partial charge in [-0.2, -0.15) is 0 Å². The van der Waals surface area contributed by atoms with Crippen LogP contribution < -0.4 is 16.6 Å². The van der Waals surface area contributed by atoms with Crippen LogP contribution in [0.2, 0.25) is 0 Å². The first kappa shape index (κ1) is 14.4. The number of halogens is 3.